The van der Waals surface area contributed by atoms with Crippen molar-refractivity contribution in [3.05, 3.63) is 69.5 Å². The van der Waals surface area contributed by atoms with Crippen LogP contribution in [-0.4, -0.2) is 15.9 Å². The van der Waals surface area contributed by atoms with Crippen molar-refractivity contribution < 1.29 is 19.2 Å². The zero-order valence-electron chi connectivity index (χ0n) is 10.7. The van der Waals surface area contributed by atoms with Gasteiger partial charge in [0.05, 0.1) is 11.0 Å². The van der Waals surface area contributed by atoms with E-state index >= 15 is 0 Å². The van der Waals surface area contributed by atoms with Crippen LogP contribution >= 0.6 is 0 Å². The van der Waals surface area contributed by atoms with Gasteiger partial charge in [-0.1, -0.05) is 12.1 Å². The standard InChI is InChI=1S/C14H11FN2O4/c15-10-3-6-12(13(7-10)17(20)21)14(19)16-8-9-1-4-11(18)5-2-9/h1-7,18H,8H2,(H,16,19). The average molecular weight is 290 g/mol. The molecule has 0 unspecified atom stereocenters. The third kappa shape index (κ3) is 3.53. The van der Waals surface area contributed by atoms with Gasteiger partial charge in [-0.2, -0.15) is 0 Å². The molecule has 0 bridgehead atoms. The summed E-state index contributed by atoms with van der Waals surface area (Å²) < 4.78 is 13.0. The summed E-state index contributed by atoms with van der Waals surface area (Å²) in [6.07, 6.45) is 0. The summed E-state index contributed by atoms with van der Waals surface area (Å²) in [7, 11) is 0. The molecule has 108 valence electrons. The van der Waals surface area contributed by atoms with Gasteiger partial charge >= 0.3 is 0 Å². The molecule has 0 radical (unpaired) electrons. The van der Waals surface area contributed by atoms with E-state index in [1.807, 2.05) is 0 Å². The molecule has 0 spiro atoms. The number of amides is 1. The fourth-order valence-corrected chi connectivity index (χ4v) is 1.74. The first-order valence-corrected chi connectivity index (χ1v) is 5.97. The monoisotopic (exact) mass is 290 g/mol. The lowest BCUT2D eigenvalue weighted by molar-refractivity contribution is -0.385. The number of halogens is 1. The fraction of sp³-hybridized carbons (Fsp3) is 0.0714. The Morgan fingerprint density at radius 2 is 1.90 bits per heavy atom. The SMILES string of the molecule is O=C(NCc1ccc(O)cc1)c1ccc(F)cc1[N+](=O)[O-]. The predicted octanol–water partition coefficient (Wildman–Crippen LogP) is 2.37. The second kappa shape index (κ2) is 6.00. The highest BCUT2D eigenvalue weighted by atomic mass is 19.1. The van der Waals surface area contributed by atoms with E-state index in [9.17, 15) is 19.3 Å². The molecular formula is C14H11FN2O4. The molecule has 0 aliphatic carbocycles. The molecule has 1 amide bonds. The van der Waals surface area contributed by atoms with Gasteiger partial charge in [0.25, 0.3) is 11.6 Å². The Bertz CT molecular complexity index is 686. The van der Waals surface area contributed by atoms with Crippen molar-refractivity contribution in [2.45, 2.75) is 6.54 Å². The zero-order valence-corrected chi connectivity index (χ0v) is 10.7. The van der Waals surface area contributed by atoms with Crippen LogP contribution in [0.4, 0.5) is 10.1 Å². The summed E-state index contributed by atoms with van der Waals surface area (Å²) >= 11 is 0. The van der Waals surface area contributed by atoms with Crippen molar-refractivity contribution in [1.29, 1.82) is 0 Å². The summed E-state index contributed by atoms with van der Waals surface area (Å²) in [6, 6.07) is 8.89. The molecule has 0 saturated heterocycles. The first-order chi connectivity index (χ1) is 9.97. The third-order valence-corrected chi connectivity index (χ3v) is 2.79. The third-order valence-electron chi connectivity index (χ3n) is 2.79. The number of phenols is 1. The lowest BCUT2D eigenvalue weighted by Gasteiger charge is -2.06. The Kier molecular flexibility index (Phi) is 4.13. The highest BCUT2D eigenvalue weighted by molar-refractivity contribution is 5.98. The van der Waals surface area contributed by atoms with Crippen LogP contribution in [0.25, 0.3) is 0 Å². The summed E-state index contributed by atoms with van der Waals surface area (Å²) in [5.41, 5.74) is -0.0794. The summed E-state index contributed by atoms with van der Waals surface area (Å²) in [5.74, 6) is -1.36. The summed E-state index contributed by atoms with van der Waals surface area (Å²) in [4.78, 5) is 21.9. The van der Waals surface area contributed by atoms with E-state index in [2.05, 4.69) is 5.32 Å². The molecule has 0 aliphatic rings. The minimum atomic E-state index is -0.807. The van der Waals surface area contributed by atoms with E-state index in [0.717, 1.165) is 12.1 Å². The fourth-order valence-electron chi connectivity index (χ4n) is 1.74. The number of nitro groups is 1. The number of aromatic hydroxyl groups is 1. The highest BCUT2D eigenvalue weighted by Gasteiger charge is 2.20. The van der Waals surface area contributed by atoms with Crippen LogP contribution in [0.1, 0.15) is 15.9 Å². The average Bonchev–Trinajstić information content (AvgIpc) is 2.46. The normalized spacial score (nSPS) is 10.1. The van der Waals surface area contributed by atoms with Crippen molar-refractivity contribution in [3.63, 3.8) is 0 Å². The van der Waals surface area contributed by atoms with Crippen LogP contribution in [0.5, 0.6) is 5.75 Å². The van der Waals surface area contributed by atoms with E-state index in [1.54, 1.807) is 12.1 Å². The zero-order chi connectivity index (χ0) is 15.4. The minimum Gasteiger partial charge on any atom is -0.508 e. The molecule has 2 N–H and O–H groups in total. The molecule has 0 aliphatic heterocycles. The van der Waals surface area contributed by atoms with Crippen molar-refractivity contribution in [2.24, 2.45) is 0 Å². The molecule has 0 saturated carbocycles. The first-order valence-electron chi connectivity index (χ1n) is 5.97. The Morgan fingerprint density at radius 3 is 2.52 bits per heavy atom. The van der Waals surface area contributed by atoms with Gasteiger partial charge in [-0.05, 0) is 29.8 Å². The van der Waals surface area contributed by atoms with Gasteiger partial charge in [0.2, 0.25) is 0 Å². The highest BCUT2D eigenvalue weighted by Crippen LogP contribution is 2.19. The second-order valence-electron chi connectivity index (χ2n) is 4.27. The van der Waals surface area contributed by atoms with Gasteiger partial charge in [0, 0.05) is 6.54 Å². The lowest BCUT2D eigenvalue weighted by atomic mass is 10.1. The Labute approximate surface area is 119 Å². The Hall–Kier alpha value is -2.96. The van der Waals surface area contributed by atoms with E-state index in [-0.39, 0.29) is 17.9 Å². The maximum atomic E-state index is 13.0. The quantitative estimate of drug-likeness (QED) is 0.668. The summed E-state index contributed by atoms with van der Waals surface area (Å²) in [6.45, 7) is 0.133. The number of carbonyl (C=O) groups is 1. The molecule has 6 nitrogen and oxygen atoms in total. The smallest absolute Gasteiger partial charge is 0.285 e. The van der Waals surface area contributed by atoms with E-state index in [1.165, 1.54) is 12.1 Å². The van der Waals surface area contributed by atoms with E-state index in [0.29, 0.717) is 11.6 Å². The van der Waals surface area contributed by atoms with Crippen LogP contribution < -0.4 is 5.32 Å². The van der Waals surface area contributed by atoms with Crippen molar-refractivity contribution in [3.8, 4) is 5.75 Å². The lowest BCUT2D eigenvalue weighted by Crippen LogP contribution is -2.23. The van der Waals surface area contributed by atoms with Gasteiger partial charge in [-0.25, -0.2) is 4.39 Å². The van der Waals surface area contributed by atoms with Crippen LogP contribution in [0.2, 0.25) is 0 Å². The van der Waals surface area contributed by atoms with Crippen LogP contribution in [0, 0.1) is 15.9 Å². The number of rotatable bonds is 4. The molecular weight excluding hydrogens is 279 g/mol. The maximum Gasteiger partial charge on any atom is 0.285 e. The van der Waals surface area contributed by atoms with Gasteiger partial charge in [-0.3, -0.25) is 14.9 Å². The number of benzene rings is 2. The molecule has 0 fully saturated rings. The van der Waals surface area contributed by atoms with E-state index in [4.69, 9.17) is 5.11 Å². The number of phenolic OH excluding ortho intramolecular Hbond substituents is 1. The molecule has 21 heavy (non-hydrogen) atoms. The largest absolute Gasteiger partial charge is 0.508 e. The second-order valence-corrected chi connectivity index (χ2v) is 4.27. The number of nitrogens with zero attached hydrogens (tertiary/aromatic N) is 1. The van der Waals surface area contributed by atoms with Crippen molar-refractivity contribution in [1.82, 2.24) is 5.32 Å². The van der Waals surface area contributed by atoms with Gasteiger partial charge in [0.1, 0.15) is 17.1 Å². The van der Waals surface area contributed by atoms with Gasteiger partial charge < -0.3 is 10.4 Å². The summed E-state index contributed by atoms with van der Waals surface area (Å²) in [5, 5.41) is 22.5. The molecule has 7 heteroatoms. The first kappa shape index (κ1) is 14.4. The molecule has 0 aromatic heterocycles. The Morgan fingerprint density at radius 1 is 1.24 bits per heavy atom. The molecule has 2 aromatic rings. The topological polar surface area (TPSA) is 92.5 Å². The minimum absolute atomic E-state index is 0.0965. The number of hydrogen-bond donors (Lipinski definition) is 2. The van der Waals surface area contributed by atoms with Crippen LogP contribution in [0.3, 0.4) is 0 Å². The van der Waals surface area contributed by atoms with Crippen molar-refractivity contribution in [2.75, 3.05) is 0 Å². The van der Waals surface area contributed by atoms with Gasteiger partial charge in [0.15, 0.2) is 0 Å². The van der Waals surface area contributed by atoms with Crippen LogP contribution in [0.15, 0.2) is 42.5 Å². The molecule has 2 rings (SSSR count). The number of carbonyl (C=O) groups excluding carboxylic acids is 1. The number of hydrogen-bond acceptors (Lipinski definition) is 4. The molecule has 0 heterocycles. The predicted molar refractivity (Wildman–Crippen MR) is 72.3 cm³/mol. The molecule has 0 atom stereocenters. The van der Waals surface area contributed by atoms with Crippen LogP contribution in [-0.2, 0) is 6.54 Å². The number of nitro benzene ring substituents is 1. The van der Waals surface area contributed by atoms with E-state index < -0.39 is 22.3 Å². The maximum absolute atomic E-state index is 13.0. The van der Waals surface area contributed by atoms with Gasteiger partial charge in [-0.15, -0.1) is 0 Å². The Balaban J connectivity index is 2.13. The van der Waals surface area contributed by atoms with Crippen molar-refractivity contribution >= 4 is 11.6 Å². The number of nitrogens with one attached hydrogen (secondary N) is 1. The molecule has 2 aromatic carbocycles.